The SMILES string of the molecule is CNc1cc(C(=O)Nc2ncccc2Br)cc(C(C)C)n1. The van der Waals surface area contributed by atoms with Crippen LogP contribution >= 0.6 is 15.9 Å². The first-order valence-corrected chi connectivity index (χ1v) is 7.42. The topological polar surface area (TPSA) is 66.9 Å². The Morgan fingerprint density at radius 2 is 2.10 bits per heavy atom. The number of halogens is 1. The average Bonchev–Trinajstić information content (AvgIpc) is 2.49. The van der Waals surface area contributed by atoms with Gasteiger partial charge in [-0.05, 0) is 46.1 Å². The molecule has 5 nitrogen and oxygen atoms in total. The van der Waals surface area contributed by atoms with Crippen molar-refractivity contribution in [3.63, 3.8) is 0 Å². The fraction of sp³-hybridized carbons (Fsp3) is 0.267. The number of carbonyl (C=O) groups is 1. The Bertz CT molecular complexity index is 658. The van der Waals surface area contributed by atoms with Crippen LogP contribution in [0, 0.1) is 0 Å². The second-order valence-corrected chi connectivity index (χ2v) is 5.71. The molecule has 2 rings (SSSR count). The molecule has 2 heterocycles. The van der Waals surface area contributed by atoms with Crippen molar-refractivity contribution in [3.8, 4) is 0 Å². The highest BCUT2D eigenvalue weighted by molar-refractivity contribution is 9.10. The van der Waals surface area contributed by atoms with Crippen molar-refractivity contribution in [2.75, 3.05) is 17.7 Å². The van der Waals surface area contributed by atoms with E-state index in [4.69, 9.17) is 0 Å². The minimum Gasteiger partial charge on any atom is -0.373 e. The van der Waals surface area contributed by atoms with Crippen molar-refractivity contribution < 1.29 is 4.79 Å². The molecule has 0 fully saturated rings. The van der Waals surface area contributed by atoms with Crippen LogP contribution in [0.1, 0.15) is 35.8 Å². The molecule has 2 aromatic heterocycles. The molecule has 0 radical (unpaired) electrons. The van der Waals surface area contributed by atoms with E-state index in [9.17, 15) is 4.79 Å². The van der Waals surface area contributed by atoms with E-state index in [-0.39, 0.29) is 11.8 Å². The summed E-state index contributed by atoms with van der Waals surface area (Å²) >= 11 is 3.36. The standard InChI is InChI=1S/C15H17BrN4O/c1-9(2)12-7-10(8-13(17-3)19-12)15(21)20-14-11(16)5-4-6-18-14/h4-9H,1-3H3,(H,17,19)(H,18,20,21). The van der Waals surface area contributed by atoms with Gasteiger partial charge in [-0.2, -0.15) is 0 Å². The van der Waals surface area contributed by atoms with Gasteiger partial charge in [-0.3, -0.25) is 4.79 Å². The van der Waals surface area contributed by atoms with E-state index in [1.807, 2.05) is 19.9 Å². The summed E-state index contributed by atoms with van der Waals surface area (Å²) in [5.41, 5.74) is 1.42. The molecular formula is C15H17BrN4O. The molecular weight excluding hydrogens is 332 g/mol. The first-order valence-electron chi connectivity index (χ1n) is 6.63. The maximum absolute atomic E-state index is 12.4. The zero-order valence-corrected chi connectivity index (χ0v) is 13.7. The molecule has 21 heavy (non-hydrogen) atoms. The van der Waals surface area contributed by atoms with Gasteiger partial charge < -0.3 is 10.6 Å². The van der Waals surface area contributed by atoms with Crippen LogP contribution in [0.4, 0.5) is 11.6 Å². The molecule has 0 saturated heterocycles. The number of anilines is 2. The molecule has 110 valence electrons. The van der Waals surface area contributed by atoms with E-state index >= 15 is 0 Å². The van der Waals surface area contributed by atoms with Gasteiger partial charge in [-0.25, -0.2) is 9.97 Å². The lowest BCUT2D eigenvalue weighted by Crippen LogP contribution is -2.15. The van der Waals surface area contributed by atoms with Crippen LogP contribution in [0.25, 0.3) is 0 Å². The summed E-state index contributed by atoms with van der Waals surface area (Å²) in [6, 6.07) is 7.14. The third-order valence-electron chi connectivity index (χ3n) is 2.95. The summed E-state index contributed by atoms with van der Waals surface area (Å²) < 4.78 is 0.741. The van der Waals surface area contributed by atoms with Crippen LogP contribution in [-0.4, -0.2) is 22.9 Å². The van der Waals surface area contributed by atoms with Gasteiger partial charge in [-0.15, -0.1) is 0 Å². The number of rotatable bonds is 4. The molecule has 6 heteroatoms. The molecule has 2 aromatic rings. The molecule has 0 saturated carbocycles. The molecule has 0 aliphatic rings. The van der Waals surface area contributed by atoms with Gasteiger partial charge in [0.15, 0.2) is 0 Å². The number of aromatic nitrogens is 2. The maximum Gasteiger partial charge on any atom is 0.257 e. The van der Waals surface area contributed by atoms with Gasteiger partial charge in [-0.1, -0.05) is 13.8 Å². The summed E-state index contributed by atoms with van der Waals surface area (Å²) in [5, 5.41) is 5.77. The number of hydrogen-bond donors (Lipinski definition) is 2. The van der Waals surface area contributed by atoms with Gasteiger partial charge in [0.25, 0.3) is 5.91 Å². The van der Waals surface area contributed by atoms with E-state index in [2.05, 4.69) is 36.5 Å². The van der Waals surface area contributed by atoms with Crippen molar-refractivity contribution in [1.29, 1.82) is 0 Å². The van der Waals surface area contributed by atoms with Gasteiger partial charge in [0.05, 0.1) is 4.47 Å². The number of nitrogens with one attached hydrogen (secondary N) is 2. The Labute approximate surface area is 132 Å². The number of nitrogens with zero attached hydrogens (tertiary/aromatic N) is 2. The zero-order valence-electron chi connectivity index (χ0n) is 12.1. The maximum atomic E-state index is 12.4. The molecule has 0 spiro atoms. The van der Waals surface area contributed by atoms with Gasteiger partial charge in [0.2, 0.25) is 0 Å². The van der Waals surface area contributed by atoms with E-state index in [0.29, 0.717) is 17.2 Å². The van der Waals surface area contributed by atoms with Crippen molar-refractivity contribution in [2.24, 2.45) is 0 Å². The van der Waals surface area contributed by atoms with E-state index in [0.717, 1.165) is 10.2 Å². The smallest absolute Gasteiger partial charge is 0.257 e. The Morgan fingerprint density at radius 1 is 1.33 bits per heavy atom. The van der Waals surface area contributed by atoms with E-state index < -0.39 is 0 Å². The van der Waals surface area contributed by atoms with Crippen LogP contribution in [0.5, 0.6) is 0 Å². The largest absolute Gasteiger partial charge is 0.373 e. The summed E-state index contributed by atoms with van der Waals surface area (Å²) in [4.78, 5) is 21.0. The molecule has 2 N–H and O–H groups in total. The van der Waals surface area contributed by atoms with E-state index in [1.54, 1.807) is 31.4 Å². The third kappa shape index (κ3) is 3.78. The minimum atomic E-state index is -0.213. The van der Waals surface area contributed by atoms with Crippen molar-refractivity contribution in [2.45, 2.75) is 19.8 Å². The first kappa shape index (κ1) is 15.4. The number of hydrogen-bond acceptors (Lipinski definition) is 4. The lowest BCUT2D eigenvalue weighted by Gasteiger charge is -2.11. The number of carbonyl (C=O) groups excluding carboxylic acids is 1. The molecule has 0 aromatic carbocycles. The fourth-order valence-corrected chi connectivity index (χ4v) is 2.12. The van der Waals surface area contributed by atoms with Gasteiger partial charge in [0.1, 0.15) is 11.6 Å². The average molecular weight is 349 g/mol. The highest BCUT2D eigenvalue weighted by atomic mass is 79.9. The predicted molar refractivity (Wildman–Crippen MR) is 87.8 cm³/mol. The van der Waals surface area contributed by atoms with Crippen molar-refractivity contribution in [3.05, 3.63) is 46.2 Å². The molecule has 0 aliphatic carbocycles. The summed E-state index contributed by atoms with van der Waals surface area (Å²) in [6.07, 6.45) is 1.63. The Hall–Kier alpha value is -1.95. The molecule has 0 atom stereocenters. The van der Waals surface area contributed by atoms with Crippen molar-refractivity contribution >= 4 is 33.5 Å². The molecule has 1 amide bonds. The predicted octanol–water partition coefficient (Wildman–Crippen LogP) is 3.66. The molecule has 0 aliphatic heterocycles. The normalized spacial score (nSPS) is 10.5. The summed E-state index contributed by atoms with van der Waals surface area (Å²) in [5.74, 6) is 1.20. The van der Waals surface area contributed by atoms with Crippen LogP contribution in [-0.2, 0) is 0 Å². The fourth-order valence-electron chi connectivity index (χ4n) is 1.76. The molecule has 0 unspecified atom stereocenters. The lowest BCUT2D eigenvalue weighted by molar-refractivity contribution is 0.102. The first-order chi connectivity index (χ1) is 10.0. The van der Waals surface area contributed by atoms with Gasteiger partial charge in [0, 0.05) is 24.5 Å². The van der Waals surface area contributed by atoms with Gasteiger partial charge >= 0.3 is 0 Å². The van der Waals surface area contributed by atoms with Crippen LogP contribution in [0.3, 0.4) is 0 Å². The Kier molecular flexibility index (Phi) is 4.90. The van der Waals surface area contributed by atoms with E-state index in [1.165, 1.54) is 0 Å². The zero-order chi connectivity index (χ0) is 15.4. The van der Waals surface area contributed by atoms with Crippen molar-refractivity contribution in [1.82, 2.24) is 9.97 Å². The van der Waals surface area contributed by atoms with Crippen LogP contribution in [0.15, 0.2) is 34.9 Å². The Balaban J connectivity index is 2.30. The monoisotopic (exact) mass is 348 g/mol. The lowest BCUT2D eigenvalue weighted by atomic mass is 10.1. The summed E-state index contributed by atoms with van der Waals surface area (Å²) in [6.45, 7) is 4.08. The quantitative estimate of drug-likeness (QED) is 0.884. The second kappa shape index (κ2) is 6.67. The number of pyridine rings is 2. The molecule has 0 bridgehead atoms. The highest BCUT2D eigenvalue weighted by Crippen LogP contribution is 2.21. The minimum absolute atomic E-state index is 0.213. The third-order valence-corrected chi connectivity index (χ3v) is 3.59. The van der Waals surface area contributed by atoms with Crippen LogP contribution < -0.4 is 10.6 Å². The number of amides is 1. The highest BCUT2D eigenvalue weighted by Gasteiger charge is 2.13. The Morgan fingerprint density at radius 3 is 2.71 bits per heavy atom. The van der Waals surface area contributed by atoms with Crippen LogP contribution in [0.2, 0.25) is 0 Å². The second-order valence-electron chi connectivity index (χ2n) is 4.86. The summed E-state index contributed by atoms with van der Waals surface area (Å²) in [7, 11) is 1.78.